The molecule has 76 valence electrons. The van der Waals surface area contributed by atoms with Gasteiger partial charge in [0.25, 0.3) is 0 Å². The molecule has 0 aliphatic carbocycles. The molecule has 1 saturated heterocycles. The van der Waals surface area contributed by atoms with E-state index < -0.39 is 6.41 Å². The van der Waals surface area contributed by atoms with Crippen molar-refractivity contribution in [3.05, 3.63) is 0 Å². The third kappa shape index (κ3) is 2.67. The van der Waals surface area contributed by atoms with Crippen molar-refractivity contribution in [2.24, 2.45) is 0 Å². The summed E-state index contributed by atoms with van der Waals surface area (Å²) in [7, 11) is 0. The van der Waals surface area contributed by atoms with E-state index in [1.165, 1.54) is 0 Å². The van der Waals surface area contributed by atoms with Crippen LogP contribution in [0.1, 0.15) is 26.7 Å². The van der Waals surface area contributed by atoms with Gasteiger partial charge in [-0.05, 0) is 20.3 Å². The van der Waals surface area contributed by atoms with E-state index in [1.807, 2.05) is 13.8 Å². The first-order chi connectivity index (χ1) is 6.29. The molecule has 0 atom stereocenters. The molecule has 1 fully saturated rings. The highest BCUT2D eigenvalue weighted by atomic mass is 16.7. The molecular formula is C9H17NO3. The monoisotopic (exact) mass is 187 g/mol. The predicted molar refractivity (Wildman–Crippen MR) is 48.0 cm³/mol. The molecule has 0 spiro atoms. The lowest BCUT2D eigenvalue weighted by molar-refractivity contribution is -0.215. The van der Waals surface area contributed by atoms with Crippen molar-refractivity contribution in [2.75, 3.05) is 19.8 Å². The van der Waals surface area contributed by atoms with E-state index in [-0.39, 0.29) is 5.91 Å². The van der Waals surface area contributed by atoms with Crippen LogP contribution in [0, 0.1) is 0 Å². The summed E-state index contributed by atoms with van der Waals surface area (Å²) in [5.74, 6) is 0.131. The van der Waals surface area contributed by atoms with Crippen LogP contribution in [0.25, 0.3) is 0 Å². The number of hydrogen-bond acceptors (Lipinski definition) is 3. The van der Waals surface area contributed by atoms with Crippen LogP contribution in [-0.2, 0) is 14.3 Å². The van der Waals surface area contributed by atoms with Crippen LogP contribution in [0.5, 0.6) is 0 Å². The molecule has 1 rings (SSSR count). The van der Waals surface area contributed by atoms with Crippen molar-refractivity contribution in [2.45, 2.75) is 33.1 Å². The minimum atomic E-state index is -0.468. The first kappa shape index (κ1) is 10.5. The van der Waals surface area contributed by atoms with Gasteiger partial charge in [-0.25, -0.2) is 0 Å². The maximum atomic E-state index is 11.3. The molecule has 0 aromatic carbocycles. The van der Waals surface area contributed by atoms with Gasteiger partial charge in [0, 0.05) is 26.2 Å². The molecule has 4 nitrogen and oxygen atoms in total. The average molecular weight is 187 g/mol. The third-order valence-corrected chi connectivity index (χ3v) is 1.98. The minimum absolute atomic E-state index is 0.131. The van der Waals surface area contributed by atoms with Crippen molar-refractivity contribution >= 4 is 5.91 Å². The van der Waals surface area contributed by atoms with E-state index in [9.17, 15) is 4.79 Å². The number of nitrogens with zero attached hydrogens (tertiary/aromatic N) is 1. The Morgan fingerprint density at radius 1 is 1.38 bits per heavy atom. The summed E-state index contributed by atoms with van der Waals surface area (Å²) in [5, 5.41) is 0. The topological polar surface area (TPSA) is 38.8 Å². The zero-order chi connectivity index (χ0) is 9.68. The molecule has 1 heterocycles. The van der Waals surface area contributed by atoms with E-state index in [2.05, 4.69) is 0 Å². The summed E-state index contributed by atoms with van der Waals surface area (Å²) in [6, 6.07) is 0. The zero-order valence-corrected chi connectivity index (χ0v) is 8.28. The molecule has 0 aromatic heterocycles. The Hall–Kier alpha value is -0.610. The Morgan fingerprint density at radius 3 is 2.38 bits per heavy atom. The van der Waals surface area contributed by atoms with E-state index >= 15 is 0 Å². The van der Waals surface area contributed by atoms with Crippen LogP contribution in [0.15, 0.2) is 0 Å². The number of carbonyl (C=O) groups excluding carboxylic acids is 1. The maximum absolute atomic E-state index is 11.3. The molecule has 0 N–H and O–H groups in total. The quantitative estimate of drug-likeness (QED) is 0.602. The summed E-state index contributed by atoms with van der Waals surface area (Å²) in [6.45, 7) is 5.67. The lowest BCUT2D eigenvalue weighted by Crippen LogP contribution is -2.40. The van der Waals surface area contributed by atoms with Crippen molar-refractivity contribution in [1.82, 2.24) is 4.90 Å². The predicted octanol–water partition coefficient (Wildman–Crippen LogP) is 0.965. The van der Waals surface area contributed by atoms with E-state index in [1.54, 1.807) is 4.90 Å². The van der Waals surface area contributed by atoms with Gasteiger partial charge in [0.1, 0.15) is 0 Å². The second-order valence-corrected chi connectivity index (χ2v) is 2.91. The van der Waals surface area contributed by atoms with Gasteiger partial charge >= 0.3 is 0 Å². The van der Waals surface area contributed by atoms with Crippen LogP contribution in [-0.4, -0.2) is 37.0 Å². The normalized spacial score (nSPS) is 17.5. The van der Waals surface area contributed by atoms with Gasteiger partial charge in [0.05, 0.1) is 0 Å². The zero-order valence-electron chi connectivity index (χ0n) is 8.28. The summed E-state index contributed by atoms with van der Waals surface area (Å²) in [4.78, 5) is 13.0. The molecular weight excluding hydrogens is 170 g/mol. The number of rotatable bonds is 5. The van der Waals surface area contributed by atoms with Gasteiger partial charge in [0.2, 0.25) is 12.3 Å². The van der Waals surface area contributed by atoms with Crippen LogP contribution in [0.2, 0.25) is 0 Å². The minimum Gasteiger partial charge on any atom is -0.335 e. The summed E-state index contributed by atoms with van der Waals surface area (Å²) < 4.78 is 10.6. The Labute approximate surface area is 78.8 Å². The maximum Gasteiger partial charge on any atom is 0.242 e. The van der Waals surface area contributed by atoms with Gasteiger partial charge in [-0.2, -0.15) is 0 Å². The first-order valence-electron chi connectivity index (χ1n) is 4.82. The molecule has 4 heteroatoms. The number of likely N-dealkylation sites (tertiary alicyclic amines) is 1. The average Bonchev–Trinajstić information content (AvgIpc) is 2.51. The number of carbonyl (C=O) groups is 1. The Balaban J connectivity index is 2.47. The second kappa shape index (κ2) is 5.19. The first-order valence-corrected chi connectivity index (χ1v) is 4.82. The lowest BCUT2D eigenvalue weighted by Gasteiger charge is -2.26. The fraction of sp³-hybridized carbons (Fsp3) is 0.889. The molecule has 0 saturated carbocycles. The molecule has 13 heavy (non-hydrogen) atoms. The number of hydrogen-bond donors (Lipinski definition) is 0. The second-order valence-electron chi connectivity index (χ2n) is 2.91. The van der Waals surface area contributed by atoms with E-state index in [0.717, 1.165) is 13.0 Å². The molecule has 1 amide bonds. The fourth-order valence-electron chi connectivity index (χ4n) is 1.41. The highest BCUT2D eigenvalue weighted by Crippen LogP contribution is 2.15. The SMILES string of the molecule is CCOC(OCC)N1CCCC1=O. The van der Waals surface area contributed by atoms with Crippen LogP contribution in [0.3, 0.4) is 0 Å². The third-order valence-electron chi connectivity index (χ3n) is 1.98. The largest absolute Gasteiger partial charge is 0.335 e. The fourth-order valence-corrected chi connectivity index (χ4v) is 1.41. The van der Waals surface area contributed by atoms with Gasteiger partial charge < -0.3 is 9.47 Å². The molecule has 1 aliphatic heterocycles. The van der Waals surface area contributed by atoms with Crippen molar-refractivity contribution in [1.29, 1.82) is 0 Å². The Morgan fingerprint density at radius 2 is 2.00 bits per heavy atom. The van der Waals surface area contributed by atoms with Crippen LogP contribution in [0.4, 0.5) is 0 Å². The lowest BCUT2D eigenvalue weighted by atomic mass is 10.4. The Bertz CT molecular complexity index is 166. The van der Waals surface area contributed by atoms with Crippen LogP contribution < -0.4 is 0 Å². The molecule has 0 bridgehead atoms. The smallest absolute Gasteiger partial charge is 0.242 e. The van der Waals surface area contributed by atoms with E-state index in [0.29, 0.717) is 19.6 Å². The number of ether oxygens (including phenoxy) is 2. The van der Waals surface area contributed by atoms with Gasteiger partial charge in [-0.1, -0.05) is 0 Å². The molecule has 0 aromatic rings. The van der Waals surface area contributed by atoms with Gasteiger partial charge in [0.15, 0.2) is 0 Å². The van der Waals surface area contributed by atoms with Crippen molar-refractivity contribution in [3.8, 4) is 0 Å². The number of amides is 1. The van der Waals surface area contributed by atoms with E-state index in [4.69, 9.17) is 9.47 Å². The van der Waals surface area contributed by atoms with Crippen LogP contribution >= 0.6 is 0 Å². The molecule has 0 unspecified atom stereocenters. The highest BCUT2D eigenvalue weighted by Gasteiger charge is 2.28. The summed E-state index contributed by atoms with van der Waals surface area (Å²) in [6.07, 6.45) is 1.07. The highest BCUT2D eigenvalue weighted by molar-refractivity contribution is 5.78. The van der Waals surface area contributed by atoms with Gasteiger partial charge in [-0.3, -0.25) is 9.69 Å². The summed E-state index contributed by atoms with van der Waals surface area (Å²) >= 11 is 0. The summed E-state index contributed by atoms with van der Waals surface area (Å²) in [5.41, 5.74) is 0. The Kier molecular flexibility index (Phi) is 4.18. The molecule has 0 radical (unpaired) electrons. The van der Waals surface area contributed by atoms with Crippen molar-refractivity contribution < 1.29 is 14.3 Å². The molecule has 1 aliphatic rings. The van der Waals surface area contributed by atoms with Crippen molar-refractivity contribution in [3.63, 3.8) is 0 Å². The van der Waals surface area contributed by atoms with Gasteiger partial charge in [-0.15, -0.1) is 0 Å². The standard InChI is InChI=1S/C9H17NO3/c1-3-12-9(13-4-2)10-7-5-6-8(10)11/h9H,3-7H2,1-2H3.